The highest BCUT2D eigenvalue weighted by molar-refractivity contribution is 5.94. The average molecular weight is 327 g/mol. The van der Waals surface area contributed by atoms with Gasteiger partial charge >= 0.3 is 0 Å². The third-order valence-electron chi connectivity index (χ3n) is 3.91. The number of oxazole rings is 1. The number of nitrogens with zero attached hydrogens (tertiary/aromatic N) is 2. The molecular weight excluding hydrogens is 314 g/mol. The molecule has 0 aliphatic heterocycles. The summed E-state index contributed by atoms with van der Waals surface area (Å²) in [6.45, 7) is 0. The minimum atomic E-state index is -0.347. The zero-order valence-corrected chi connectivity index (χ0v) is 13.2. The Morgan fingerprint density at radius 2 is 1.92 bits per heavy atom. The lowest BCUT2D eigenvalue weighted by atomic mass is 10.1. The molecule has 120 valence electrons. The first-order valence-corrected chi connectivity index (χ1v) is 7.79. The first kappa shape index (κ1) is 14.9. The largest absolute Gasteiger partial charge is 0.436 e. The molecule has 0 fully saturated rings. The van der Waals surface area contributed by atoms with E-state index in [1.807, 2.05) is 42.5 Å². The van der Waals surface area contributed by atoms with Crippen molar-refractivity contribution in [1.82, 2.24) is 4.98 Å². The lowest BCUT2D eigenvalue weighted by Gasteiger charge is -2.00. The maximum atomic E-state index is 11.5. The number of hydrogen-bond acceptors (Lipinski definition) is 4. The fourth-order valence-corrected chi connectivity index (χ4v) is 2.73. The van der Waals surface area contributed by atoms with E-state index in [0.29, 0.717) is 22.7 Å². The van der Waals surface area contributed by atoms with Gasteiger partial charge in [-0.3, -0.25) is 4.79 Å². The monoisotopic (exact) mass is 327 g/mol. The molecule has 0 saturated carbocycles. The Hall–Kier alpha value is -3.65. The van der Waals surface area contributed by atoms with Gasteiger partial charge in [-0.25, -0.2) is 4.98 Å². The van der Waals surface area contributed by atoms with Crippen LogP contribution in [0.15, 0.2) is 65.1 Å². The van der Waals surface area contributed by atoms with Gasteiger partial charge < -0.3 is 9.73 Å². The number of carbonyl (C=O) groups excluding carboxylic acids is 1. The van der Waals surface area contributed by atoms with E-state index in [1.165, 1.54) is 0 Å². The molecule has 1 aromatic heterocycles. The standard InChI is InChI=1S/C20H13N3O2/c21-10-9-19(24)22-16-7-8-18-17(12-16)23-20(25-18)15-6-5-13-3-1-2-4-14(13)11-15/h1-8,11-12H,9H2,(H,22,24). The fraction of sp³-hybridized carbons (Fsp3) is 0.0500. The van der Waals surface area contributed by atoms with Crippen molar-refractivity contribution < 1.29 is 9.21 Å². The Kier molecular flexibility index (Phi) is 3.64. The van der Waals surface area contributed by atoms with E-state index in [0.717, 1.165) is 16.3 Å². The van der Waals surface area contributed by atoms with Gasteiger partial charge in [-0.05, 0) is 41.1 Å². The van der Waals surface area contributed by atoms with Crippen molar-refractivity contribution in [1.29, 1.82) is 5.26 Å². The van der Waals surface area contributed by atoms with Gasteiger partial charge in [-0.2, -0.15) is 5.26 Å². The Morgan fingerprint density at radius 3 is 2.76 bits per heavy atom. The molecule has 0 bridgehead atoms. The van der Waals surface area contributed by atoms with Crippen molar-refractivity contribution in [2.75, 3.05) is 5.32 Å². The smallest absolute Gasteiger partial charge is 0.238 e. The van der Waals surface area contributed by atoms with E-state index in [9.17, 15) is 4.79 Å². The van der Waals surface area contributed by atoms with Crippen LogP contribution in [0.4, 0.5) is 5.69 Å². The Morgan fingerprint density at radius 1 is 1.08 bits per heavy atom. The normalized spacial score (nSPS) is 10.7. The fourth-order valence-electron chi connectivity index (χ4n) is 2.73. The van der Waals surface area contributed by atoms with Crippen LogP contribution < -0.4 is 5.32 Å². The van der Waals surface area contributed by atoms with Crippen LogP contribution >= 0.6 is 0 Å². The molecule has 0 aliphatic rings. The Bertz CT molecular complexity index is 1140. The Balaban J connectivity index is 1.70. The summed E-state index contributed by atoms with van der Waals surface area (Å²) in [7, 11) is 0. The molecular formula is C20H13N3O2. The predicted octanol–water partition coefficient (Wildman–Crippen LogP) is 4.50. The number of aromatic nitrogens is 1. The van der Waals surface area contributed by atoms with Crippen LogP contribution in [-0.4, -0.2) is 10.9 Å². The van der Waals surface area contributed by atoms with E-state index >= 15 is 0 Å². The van der Waals surface area contributed by atoms with Crippen molar-refractivity contribution in [3.63, 3.8) is 0 Å². The van der Waals surface area contributed by atoms with Gasteiger partial charge in [-0.1, -0.05) is 30.3 Å². The van der Waals surface area contributed by atoms with Crippen molar-refractivity contribution in [3.8, 4) is 17.5 Å². The average Bonchev–Trinajstić information content (AvgIpc) is 3.05. The number of hydrogen-bond donors (Lipinski definition) is 1. The summed E-state index contributed by atoms with van der Waals surface area (Å²) in [4.78, 5) is 16.0. The van der Waals surface area contributed by atoms with Gasteiger partial charge in [0.25, 0.3) is 0 Å². The summed E-state index contributed by atoms with van der Waals surface area (Å²) in [5, 5.41) is 13.5. The minimum Gasteiger partial charge on any atom is -0.436 e. The molecule has 0 saturated heterocycles. The number of amides is 1. The van der Waals surface area contributed by atoms with Gasteiger partial charge in [-0.15, -0.1) is 0 Å². The van der Waals surface area contributed by atoms with Crippen LogP contribution in [0, 0.1) is 11.3 Å². The lowest BCUT2D eigenvalue weighted by Crippen LogP contribution is -2.09. The molecule has 0 radical (unpaired) electrons. The molecule has 0 unspecified atom stereocenters. The molecule has 0 spiro atoms. The van der Waals surface area contributed by atoms with Crippen molar-refractivity contribution in [2.24, 2.45) is 0 Å². The molecule has 1 heterocycles. The van der Waals surface area contributed by atoms with E-state index in [-0.39, 0.29) is 12.3 Å². The maximum Gasteiger partial charge on any atom is 0.238 e. The highest BCUT2D eigenvalue weighted by Crippen LogP contribution is 2.28. The first-order chi connectivity index (χ1) is 12.2. The second-order valence-electron chi connectivity index (χ2n) is 5.65. The summed E-state index contributed by atoms with van der Waals surface area (Å²) >= 11 is 0. The van der Waals surface area contributed by atoms with Crippen LogP contribution in [0.1, 0.15) is 6.42 Å². The van der Waals surface area contributed by atoms with E-state index in [1.54, 1.807) is 18.2 Å². The SMILES string of the molecule is N#CCC(=O)Nc1ccc2oc(-c3ccc4ccccc4c3)nc2c1. The zero-order chi connectivity index (χ0) is 17.2. The number of carbonyl (C=O) groups is 1. The number of rotatable bonds is 3. The molecule has 4 aromatic rings. The predicted molar refractivity (Wildman–Crippen MR) is 95.8 cm³/mol. The second-order valence-corrected chi connectivity index (χ2v) is 5.65. The first-order valence-electron chi connectivity index (χ1n) is 7.79. The van der Waals surface area contributed by atoms with E-state index in [4.69, 9.17) is 9.68 Å². The summed E-state index contributed by atoms with van der Waals surface area (Å²) < 4.78 is 5.83. The third kappa shape index (κ3) is 2.93. The van der Waals surface area contributed by atoms with Crippen molar-refractivity contribution in [2.45, 2.75) is 6.42 Å². The maximum absolute atomic E-state index is 11.5. The second kappa shape index (κ2) is 6.10. The van der Waals surface area contributed by atoms with Gasteiger partial charge in [0, 0.05) is 11.3 Å². The van der Waals surface area contributed by atoms with Crippen LogP contribution in [0.25, 0.3) is 33.3 Å². The molecule has 5 nitrogen and oxygen atoms in total. The molecule has 0 atom stereocenters. The van der Waals surface area contributed by atoms with Gasteiger partial charge in [0.05, 0.1) is 6.07 Å². The van der Waals surface area contributed by atoms with Crippen LogP contribution in [-0.2, 0) is 4.79 Å². The molecule has 1 N–H and O–H groups in total. The number of nitrogens with one attached hydrogen (secondary N) is 1. The number of benzene rings is 3. The van der Waals surface area contributed by atoms with Crippen molar-refractivity contribution in [3.05, 3.63) is 60.7 Å². The molecule has 4 rings (SSSR count). The molecule has 5 heteroatoms. The van der Waals surface area contributed by atoms with Crippen LogP contribution in [0.5, 0.6) is 0 Å². The van der Waals surface area contributed by atoms with E-state index in [2.05, 4.69) is 16.4 Å². The number of fused-ring (bicyclic) bond motifs is 2. The van der Waals surface area contributed by atoms with Gasteiger partial charge in [0.2, 0.25) is 11.8 Å². The van der Waals surface area contributed by atoms with Crippen molar-refractivity contribution >= 4 is 33.5 Å². The highest BCUT2D eigenvalue weighted by atomic mass is 16.3. The van der Waals surface area contributed by atoms with E-state index < -0.39 is 0 Å². The van der Waals surface area contributed by atoms with Crippen LogP contribution in [0.3, 0.4) is 0 Å². The zero-order valence-electron chi connectivity index (χ0n) is 13.2. The third-order valence-corrected chi connectivity index (χ3v) is 3.91. The lowest BCUT2D eigenvalue weighted by molar-refractivity contribution is -0.115. The quantitative estimate of drug-likeness (QED) is 0.601. The van der Waals surface area contributed by atoms with Crippen LogP contribution in [0.2, 0.25) is 0 Å². The summed E-state index contributed by atoms with van der Waals surface area (Å²) in [5.41, 5.74) is 2.77. The molecule has 0 aliphatic carbocycles. The molecule has 25 heavy (non-hydrogen) atoms. The number of nitriles is 1. The number of anilines is 1. The van der Waals surface area contributed by atoms with Gasteiger partial charge in [0.15, 0.2) is 5.58 Å². The molecule has 3 aromatic carbocycles. The minimum absolute atomic E-state index is 0.181. The molecule has 1 amide bonds. The summed E-state index contributed by atoms with van der Waals surface area (Å²) in [6.07, 6.45) is -0.181. The van der Waals surface area contributed by atoms with Gasteiger partial charge in [0.1, 0.15) is 11.9 Å². The Labute approximate surface area is 143 Å². The highest BCUT2D eigenvalue weighted by Gasteiger charge is 2.10. The summed E-state index contributed by atoms with van der Waals surface area (Å²) in [5.74, 6) is 0.182. The summed E-state index contributed by atoms with van der Waals surface area (Å²) in [6, 6.07) is 21.2. The topological polar surface area (TPSA) is 78.9 Å².